The summed E-state index contributed by atoms with van der Waals surface area (Å²) in [5.74, 6) is 0.716. The maximum atomic E-state index is 13.5. The smallest absolute Gasteiger partial charge is 0.326 e. The summed E-state index contributed by atoms with van der Waals surface area (Å²) in [5.41, 5.74) is 6.75. The van der Waals surface area contributed by atoms with Crippen LogP contribution < -0.4 is 10.1 Å². The van der Waals surface area contributed by atoms with E-state index in [1.165, 1.54) is 48.7 Å². The van der Waals surface area contributed by atoms with Crippen LogP contribution >= 0.6 is 0 Å². The van der Waals surface area contributed by atoms with Crippen molar-refractivity contribution in [1.82, 2.24) is 19.4 Å². The van der Waals surface area contributed by atoms with Crippen LogP contribution in [0.2, 0.25) is 0 Å². The standard InChI is InChI=1S/C34H34N4O4/c1-21(34(40)41)38-27-13-7-6-12-26(27)36-30(38)20-35-33(39)23-15-16-24-28(19-23)37-17-18-42-29-14-8-5-11-25(29)32(37)31(24)22-9-3-2-4-10-22/h5-8,11-16,19,21-22H,2-4,9-10,17-18,20H2,1H3,(H,35,39)(H,40,41). The van der Waals surface area contributed by atoms with Gasteiger partial charge < -0.3 is 24.3 Å². The van der Waals surface area contributed by atoms with Crippen LogP contribution in [-0.2, 0) is 17.9 Å². The van der Waals surface area contributed by atoms with E-state index in [1.807, 2.05) is 48.5 Å². The van der Waals surface area contributed by atoms with E-state index in [1.54, 1.807) is 11.5 Å². The molecule has 42 heavy (non-hydrogen) atoms. The summed E-state index contributed by atoms with van der Waals surface area (Å²) >= 11 is 0. The van der Waals surface area contributed by atoms with Gasteiger partial charge in [0, 0.05) is 22.0 Å². The van der Waals surface area contributed by atoms with Gasteiger partial charge in [0.2, 0.25) is 0 Å². The summed E-state index contributed by atoms with van der Waals surface area (Å²) in [6.45, 7) is 3.01. The van der Waals surface area contributed by atoms with Gasteiger partial charge in [-0.05, 0) is 67.6 Å². The first-order valence-corrected chi connectivity index (χ1v) is 14.9. The van der Waals surface area contributed by atoms with Gasteiger partial charge in [-0.2, -0.15) is 0 Å². The molecule has 1 fully saturated rings. The van der Waals surface area contributed by atoms with Crippen LogP contribution in [0.3, 0.4) is 0 Å². The molecule has 1 aliphatic heterocycles. The van der Waals surface area contributed by atoms with E-state index in [4.69, 9.17) is 4.74 Å². The lowest BCUT2D eigenvalue weighted by Gasteiger charge is -2.23. The van der Waals surface area contributed by atoms with Crippen molar-refractivity contribution in [3.8, 4) is 17.0 Å². The van der Waals surface area contributed by atoms with Crippen LogP contribution in [0.4, 0.5) is 0 Å². The fourth-order valence-corrected chi connectivity index (χ4v) is 6.90. The van der Waals surface area contributed by atoms with Gasteiger partial charge in [-0.1, -0.05) is 49.6 Å². The number of amides is 1. The van der Waals surface area contributed by atoms with Crippen molar-refractivity contribution >= 4 is 33.8 Å². The summed E-state index contributed by atoms with van der Waals surface area (Å²) in [6.07, 6.45) is 6.11. The molecular formula is C34H34N4O4. The summed E-state index contributed by atoms with van der Waals surface area (Å²) in [4.78, 5) is 30.0. The Morgan fingerprint density at radius 1 is 1.02 bits per heavy atom. The van der Waals surface area contributed by atoms with E-state index < -0.39 is 12.0 Å². The molecule has 8 heteroatoms. The molecule has 0 bridgehead atoms. The van der Waals surface area contributed by atoms with Gasteiger partial charge in [0.1, 0.15) is 24.2 Å². The maximum absolute atomic E-state index is 13.5. The second-order valence-corrected chi connectivity index (χ2v) is 11.4. The van der Waals surface area contributed by atoms with Crippen molar-refractivity contribution in [3.05, 3.63) is 83.7 Å². The van der Waals surface area contributed by atoms with Crippen molar-refractivity contribution < 1.29 is 19.4 Å². The lowest BCUT2D eigenvalue weighted by atomic mass is 9.81. The molecule has 2 N–H and O–H groups in total. The molecule has 1 unspecified atom stereocenters. The molecule has 3 heterocycles. The van der Waals surface area contributed by atoms with Crippen LogP contribution in [0.15, 0.2) is 66.7 Å². The fraction of sp³-hybridized carbons (Fsp3) is 0.324. The Kier molecular flexibility index (Phi) is 6.69. The van der Waals surface area contributed by atoms with Gasteiger partial charge >= 0.3 is 5.97 Å². The molecular weight excluding hydrogens is 528 g/mol. The minimum atomic E-state index is -0.954. The number of para-hydroxylation sites is 3. The molecule has 7 rings (SSSR count). The molecule has 8 nitrogen and oxygen atoms in total. The first-order chi connectivity index (χ1) is 20.5. The number of carbonyl (C=O) groups is 2. The highest BCUT2D eigenvalue weighted by atomic mass is 16.5. The zero-order valence-electron chi connectivity index (χ0n) is 23.7. The molecule has 0 spiro atoms. The summed E-state index contributed by atoms with van der Waals surface area (Å²) < 4.78 is 10.2. The van der Waals surface area contributed by atoms with Crippen LogP contribution in [0.25, 0.3) is 33.2 Å². The highest BCUT2D eigenvalue weighted by Crippen LogP contribution is 2.47. The summed E-state index contributed by atoms with van der Waals surface area (Å²) in [5, 5.41) is 13.9. The lowest BCUT2D eigenvalue weighted by Crippen LogP contribution is -2.26. The number of aromatic nitrogens is 3. The van der Waals surface area contributed by atoms with Gasteiger partial charge in [-0.25, -0.2) is 9.78 Å². The predicted octanol–water partition coefficient (Wildman–Crippen LogP) is 6.67. The molecule has 5 aromatic rings. The van der Waals surface area contributed by atoms with Crippen LogP contribution in [0.1, 0.15) is 72.7 Å². The number of carbonyl (C=O) groups excluding carboxylic acids is 1. The quantitative estimate of drug-likeness (QED) is 0.241. The Balaban J connectivity index is 1.26. The number of carboxylic acids is 1. The van der Waals surface area contributed by atoms with E-state index in [0.29, 0.717) is 36.0 Å². The monoisotopic (exact) mass is 562 g/mol. The Bertz CT molecular complexity index is 1830. The Morgan fingerprint density at radius 3 is 2.64 bits per heavy atom. The molecule has 1 saturated carbocycles. The predicted molar refractivity (Wildman–Crippen MR) is 162 cm³/mol. The summed E-state index contributed by atoms with van der Waals surface area (Å²) in [6, 6.07) is 20.9. The van der Waals surface area contributed by atoms with Crippen LogP contribution in [0, 0.1) is 0 Å². The lowest BCUT2D eigenvalue weighted by molar-refractivity contribution is -0.140. The number of ether oxygens (including phenoxy) is 1. The van der Waals surface area contributed by atoms with Crippen molar-refractivity contribution in [2.24, 2.45) is 0 Å². The van der Waals surface area contributed by atoms with Crippen molar-refractivity contribution in [2.75, 3.05) is 6.61 Å². The average molecular weight is 563 g/mol. The number of hydrogen-bond acceptors (Lipinski definition) is 4. The molecule has 1 aliphatic carbocycles. The van der Waals surface area contributed by atoms with E-state index in [9.17, 15) is 14.7 Å². The van der Waals surface area contributed by atoms with E-state index in [0.717, 1.165) is 22.3 Å². The molecule has 2 aliphatic rings. The second kappa shape index (κ2) is 10.7. The third-order valence-electron chi connectivity index (χ3n) is 8.91. The molecule has 0 radical (unpaired) electrons. The number of fused-ring (bicyclic) bond motifs is 6. The third kappa shape index (κ3) is 4.42. The molecule has 214 valence electrons. The molecule has 0 saturated heterocycles. The molecule has 1 amide bonds. The van der Waals surface area contributed by atoms with Crippen molar-refractivity contribution in [3.63, 3.8) is 0 Å². The SMILES string of the molecule is CC(C(=O)O)n1c(CNC(=O)c2ccc3c(C4CCCCC4)c4n(c3c2)CCOc2ccccc2-4)nc2ccccc21. The van der Waals surface area contributed by atoms with Gasteiger partial charge in [-0.3, -0.25) is 4.79 Å². The van der Waals surface area contributed by atoms with Crippen molar-refractivity contribution in [2.45, 2.75) is 64.1 Å². The maximum Gasteiger partial charge on any atom is 0.326 e. The fourth-order valence-electron chi connectivity index (χ4n) is 6.90. The molecule has 2 aromatic heterocycles. The number of benzene rings is 3. The van der Waals surface area contributed by atoms with Gasteiger partial charge in [0.15, 0.2) is 0 Å². The summed E-state index contributed by atoms with van der Waals surface area (Å²) in [7, 11) is 0. The van der Waals surface area contributed by atoms with Crippen molar-refractivity contribution in [1.29, 1.82) is 0 Å². The second-order valence-electron chi connectivity index (χ2n) is 11.4. The minimum Gasteiger partial charge on any atom is -0.491 e. The number of aliphatic carboxylic acids is 1. The van der Waals surface area contributed by atoms with E-state index in [2.05, 4.69) is 33.1 Å². The minimum absolute atomic E-state index is 0.115. The third-order valence-corrected chi connectivity index (χ3v) is 8.91. The highest BCUT2D eigenvalue weighted by Gasteiger charge is 2.29. The number of carboxylic acid groups (broad SMARTS) is 1. The number of rotatable bonds is 6. The number of nitrogens with zero attached hydrogens (tertiary/aromatic N) is 3. The number of imidazole rings is 1. The highest BCUT2D eigenvalue weighted by molar-refractivity contribution is 6.01. The molecule has 1 atom stereocenters. The number of nitrogens with one attached hydrogen (secondary N) is 1. The Hall–Kier alpha value is -4.59. The number of hydrogen-bond donors (Lipinski definition) is 2. The average Bonchev–Trinajstić information content (AvgIpc) is 3.48. The first-order valence-electron chi connectivity index (χ1n) is 14.9. The normalized spacial score (nSPS) is 15.9. The van der Waals surface area contributed by atoms with Gasteiger partial charge in [0.05, 0.1) is 29.8 Å². The van der Waals surface area contributed by atoms with E-state index >= 15 is 0 Å². The van der Waals surface area contributed by atoms with Crippen LogP contribution in [0.5, 0.6) is 5.75 Å². The zero-order chi connectivity index (χ0) is 28.8. The Morgan fingerprint density at radius 2 is 1.81 bits per heavy atom. The topological polar surface area (TPSA) is 98.4 Å². The largest absolute Gasteiger partial charge is 0.491 e. The van der Waals surface area contributed by atoms with Gasteiger partial charge in [0.25, 0.3) is 5.91 Å². The zero-order valence-corrected chi connectivity index (χ0v) is 23.7. The molecule has 3 aromatic carbocycles. The van der Waals surface area contributed by atoms with Crippen LogP contribution in [-0.4, -0.2) is 37.7 Å². The van der Waals surface area contributed by atoms with E-state index in [-0.39, 0.29) is 12.5 Å². The Labute approximate surface area is 243 Å². The first kappa shape index (κ1) is 26.3. The van der Waals surface area contributed by atoms with Gasteiger partial charge in [-0.15, -0.1) is 0 Å².